The first-order valence-electron chi connectivity index (χ1n) is 8.99. The topological polar surface area (TPSA) is 87.9 Å². The van der Waals surface area contributed by atoms with Gasteiger partial charge in [0.2, 0.25) is 0 Å². The molecule has 0 aliphatic heterocycles. The lowest BCUT2D eigenvalue weighted by Gasteiger charge is -2.09. The molecule has 0 aliphatic carbocycles. The lowest BCUT2D eigenvalue weighted by molar-refractivity contribution is 0.299. The number of hydrogen-bond acceptors (Lipinski definition) is 5. The molecule has 0 amide bonds. The highest BCUT2D eigenvalue weighted by molar-refractivity contribution is 5.88. The van der Waals surface area contributed by atoms with Crippen LogP contribution in [0.3, 0.4) is 0 Å². The number of phenolic OH excluding ortho intramolecular Hbond substituents is 1. The van der Waals surface area contributed by atoms with Crippen LogP contribution in [0.1, 0.15) is 11.1 Å². The monoisotopic (exact) mass is 383 g/mol. The average molecular weight is 383 g/mol. The molecule has 1 heterocycles. The van der Waals surface area contributed by atoms with Crippen molar-refractivity contribution in [2.75, 3.05) is 6.61 Å². The van der Waals surface area contributed by atoms with Crippen LogP contribution in [-0.2, 0) is 6.42 Å². The quantitative estimate of drug-likeness (QED) is 0.403. The van der Waals surface area contributed by atoms with E-state index >= 15 is 0 Å². The van der Waals surface area contributed by atoms with Crippen molar-refractivity contribution in [2.45, 2.75) is 6.42 Å². The first-order valence-corrected chi connectivity index (χ1v) is 8.99. The van der Waals surface area contributed by atoms with Crippen molar-refractivity contribution >= 4 is 28.6 Å². The standard InChI is InChI=1S/C22H17N5O2/c1-23-18-7-8-19-20(13-18)26-27(25-19)21-12-15(9-10-28)11-16(22(21)29)14-24-17-5-3-2-4-6-17/h2-8,11-14,28-29H,9-10H2. The van der Waals surface area contributed by atoms with Crippen molar-refractivity contribution in [3.05, 3.63) is 83.2 Å². The predicted molar refractivity (Wildman–Crippen MR) is 111 cm³/mol. The number of fused-ring (bicyclic) bond motifs is 1. The zero-order chi connectivity index (χ0) is 20.2. The second-order valence-electron chi connectivity index (χ2n) is 6.39. The summed E-state index contributed by atoms with van der Waals surface area (Å²) < 4.78 is 0. The molecule has 0 radical (unpaired) electrons. The third kappa shape index (κ3) is 3.83. The molecular weight excluding hydrogens is 366 g/mol. The van der Waals surface area contributed by atoms with Crippen LogP contribution in [0.2, 0.25) is 0 Å². The van der Waals surface area contributed by atoms with Gasteiger partial charge in [-0.2, -0.15) is 0 Å². The second kappa shape index (κ2) is 7.92. The number of phenols is 1. The van der Waals surface area contributed by atoms with E-state index in [4.69, 9.17) is 6.57 Å². The Morgan fingerprint density at radius 1 is 1.03 bits per heavy atom. The number of hydrogen-bond donors (Lipinski definition) is 2. The Balaban J connectivity index is 1.81. The molecule has 4 rings (SSSR count). The minimum atomic E-state index is -0.0254. The van der Waals surface area contributed by atoms with Gasteiger partial charge in [0.15, 0.2) is 11.4 Å². The SMILES string of the molecule is [C-]#[N+]c1ccc2nn(-c3cc(CCO)cc(C=Nc4ccccc4)c3O)nc2c1. The number of nitrogens with zero attached hydrogens (tertiary/aromatic N) is 5. The fourth-order valence-corrected chi connectivity index (χ4v) is 2.96. The Morgan fingerprint density at radius 2 is 1.83 bits per heavy atom. The molecular formula is C22H17N5O2. The van der Waals surface area contributed by atoms with E-state index in [0.717, 1.165) is 11.3 Å². The molecule has 142 valence electrons. The summed E-state index contributed by atoms with van der Waals surface area (Å²) in [6.45, 7) is 7.11. The molecule has 7 nitrogen and oxygen atoms in total. The summed E-state index contributed by atoms with van der Waals surface area (Å²) in [6, 6.07) is 18.0. The number of aliphatic hydroxyl groups is 1. The molecule has 0 atom stereocenters. The van der Waals surface area contributed by atoms with E-state index < -0.39 is 0 Å². The fraction of sp³-hybridized carbons (Fsp3) is 0.0909. The fourth-order valence-electron chi connectivity index (χ4n) is 2.96. The number of aromatic nitrogens is 3. The van der Waals surface area contributed by atoms with Gasteiger partial charge in [0.05, 0.1) is 12.3 Å². The van der Waals surface area contributed by atoms with Crippen LogP contribution in [0.15, 0.2) is 65.7 Å². The van der Waals surface area contributed by atoms with Crippen molar-refractivity contribution in [3.8, 4) is 11.4 Å². The van der Waals surface area contributed by atoms with Gasteiger partial charge in [-0.25, -0.2) is 4.85 Å². The Morgan fingerprint density at radius 3 is 2.59 bits per heavy atom. The maximum atomic E-state index is 10.8. The highest BCUT2D eigenvalue weighted by Crippen LogP contribution is 2.28. The minimum Gasteiger partial charge on any atom is -0.505 e. The van der Waals surface area contributed by atoms with E-state index in [-0.39, 0.29) is 12.4 Å². The third-order valence-corrected chi connectivity index (χ3v) is 4.40. The number of benzene rings is 3. The first-order chi connectivity index (χ1) is 14.2. The maximum Gasteiger partial charge on any atom is 0.189 e. The van der Waals surface area contributed by atoms with Gasteiger partial charge < -0.3 is 10.2 Å². The molecule has 0 spiro atoms. The summed E-state index contributed by atoms with van der Waals surface area (Å²) >= 11 is 0. The summed E-state index contributed by atoms with van der Waals surface area (Å²) in [4.78, 5) is 9.15. The highest BCUT2D eigenvalue weighted by atomic mass is 16.3. The lowest BCUT2D eigenvalue weighted by Crippen LogP contribution is -2.03. The minimum absolute atomic E-state index is 0.0166. The zero-order valence-corrected chi connectivity index (χ0v) is 15.4. The Bertz CT molecular complexity index is 1240. The zero-order valence-electron chi connectivity index (χ0n) is 15.4. The molecule has 0 saturated heterocycles. The number of aromatic hydroxyl groups is 1. The molecule has 2 N–H and O–H groups in total. The first kappa shape index (κ1) is 18.3. The van der Waals surface area contributed by atoms with Crippen LogP contribution in [0.4, 0.5) is 11.4 Å². The van der Waals surface area contributed by atoms with Crippen LogP contribution in [-0.4, -0.2) is 38.0 Å². The summed E-state index contributed by atoms with van der Waals surface area (Å²) in [7, 11) is 0. The van der Waals surface area contributed by atoms with Crippen molar-refractivity contribution in [3.63, 3.8) is 0 Å². The van der Waals surface area contributed by atoms with Gasteiger partial charge in [0, 0.05) is 18.4 Å². The molecule has 3 aromatic carbocycles. The summed E-state index contributed by atoms with van der Waals surface area (Å²) in [6.07, 6.45) is 2.00. The van der Waals surface area contributed by atoms with Crippen molar-refractivity contribution in [2.24, 2.45) is 4.99 Å². The summed E-state index contributed by atoms with van der Waals surface area (Å²) in [5.74, 6) is -0.0166. The van der Waals surface area contributed by atoms with E-state index in [0.29, 0.717) is 34.4 Å². The van der Waals surface area contributed by atoms with Crippen LogP contribution in [0, 0.1) is 6.57 Å². The van der Waals surface area contributed by atoms with Crippen LogP contribution >= 0.6 is 0 Å². The Kier molecular flexibility index (Phi) is 5.01. The molecule has 0 bridgehead atoms. The van der Waals surface area contributed by atoms with E-state index in [1.807, 2.05) is 30.3 Å². The molecule has 1 aromatic heterocycles. The van der Waals surface area contributed by atoms with Gasteiger partial charge in [-0.3, -0.25) is 4.99 Å². The average Bonchev–Trinajstić information content (AvgIpc) is 3.17. The molecule has 7 heteroatoms. The molecule has 0 aliphatic rings. The van der Waals surface area contributed by atoms with Gasteiger partial charge in [-0.05, 0) is 48.4 Å². The highest BCUT2D eigenvalue weighted by Gasteiger charge is 2.14. The molecule has 0 fully saturated rings. The van der Waals surface area contributed by atoms with Crippen LogP contribution in [0.25, 0.3) is 21.6 Å². The van der Waals surface area contributed by atoms with Crippen molar-refractivity contribution < 1.29 is 10.2 Å². The molecule has 0 saturated carbocycles. The van der Waals surface area contributed by atoms with Crippen molar-refractivity contribution in [1.29, 1.82) is 0 Å². The van der Waals surface area contributed by atoms with E-state index in [9.17, 15) is 10.2 Å². The van der Waals surface area contributed by atoms with Gasteiger partial charge in [0.1, 0.15) is 16.7 Å². The smallest absolute Gasteiger partial charge is 0.189 e. The molecule has 4 aromatic rings. The normalized spacial score (nSPS) is 11.2. The summed E-state index contributed by atoms with van der Waals surface area (Å²) in [5, 5.41) is 29.0. The number of rotatable bonds is 5. The van der Waals surface area contributed by atoms with Gasteiger partial charge in [-0.1, -0.05) is 24.3 Å². The van der Waals surface area contributed by atoms with Gasteiger partial charge in [-0.15, -0.1) is 15.0 Å². The number of aliphatic imine (C=N–C) groups is 1. The van der Waals surface area contributed by atoms with Crippen LogP contribution < -0.4 is 0 Å². The Hall–Kier alpha value is -4.02. The second-order valence-corrected chi connectivity index (χ2v) is 6.39. The largest absolute Gasteiger partial charge is 0.505 e. The van der Waals surface area contributed by atoms with Crippen LogP contribution in [0.5, 0.6) is 5.75 Å². The number of para-hydroxylation sites is 1. The summed E-state index contributed by atoms with van der Waals surface area (Å²) in [5.41, 5.74) is 4.10. The van der Waals surface area contributed by atoms with E-state index in [1.54, 1.807) is 36.5 Å². The molecule has 29 heavy (non-hydrogen) atoms. The van der Waals surface area contributed by atoms with E-state index in [1.165, 1.54) is 4.80 Å². The van der Waals surface area contributed by atoms with Crippen molar-refractivity contribution in [1.82, 2.24) is 15.0 Å². The van der Waals surface area contributed by atoms with Gasteiger partial charge in [0.25, 0.3) is 0 Å². The van der Waals surface area contributed by atoms with Gasteiger partial charge >= 0.3 is 0 Å². The predicted octanol–water partition coefficient (Wildman–Crippen LogP) is 3.96. The maximum absolute atomic E-state index is 10.8. The number of aliphatic hydroxyl groups excluding tert-OH is 1. The third-order valence-electron chi connectivity index (χ3n) is 4.40. The molecule has 0 unspecified atom stereocenters. The van der Waals surface area contributed by atoms with E-state index in [2.05, 4.69) is 20.0 Å². The Labute approximate surface area is 167 Å². The lowest BCUT2D eigenvalue weighted by atomic mass is 10.1.